The minimum atomic E-state index is -0.144. The van der Waals surface area contributed by atoms with E-state index in [1.165, 1.54) is 4.88 Å². The minimum absolute atomic E-state index is 0.0502. The molecule has 7 heteroatoms. The summed E-state index contributed by atoms with van der Waals surface area (Å²) in [6, 6.07) is 10.9. The largest absolute Gasteiger partial charge is 0.355 e. The Morgan fingerprint density at radius 1 is 1.17 bits per heavy atom. The lowest BCUT2D eigenvalue weighted by Gasteiger charge is -2.13. The van der Waals surface area contributed by atoms with Crippen LogP contribution in [0.25, 0.3) is 0 Å². The molecule has 1 atom stereocenters. The molecule has 1 unspecified atom stereocenters. The van der Waals surface area contributed by atoms with Crippen molar-refractivity contribution in [3.63, 3.8) is 0 Å². The van der Waals surface area contributed by atoms with Gasteiger partial charge in [0.25, 0.3) is 11.8 Å². The quantitative estimate of drug-likeness (QED) is 0.692. The van der Waals surface area contributed by atoms with Gasteiger partial charge in [0.2, 0.25) is 0 Å². The summed E-state index contributed by atoms with van der Waals surface area (Å²) in [7, 11) is 3.57. The fraction of sp³-hybridized carbons (Fsp3) is 0.250. The first-order valence-corrected chi connectivity index (χ1v) is 8.76. The Morgan fingerprint density at radius 3 is 2.43 bits per heavy atom. The molecule has 0 saturated carbocycles. The summed E-state index contributed by atoms with van der Waals surface area (Å²) in [6.07, 6.45) is 0. The first-order valence-electron chi connectivity index (χ1n) is 7.15. The summed E-state index contributed by atoms with van der Waals surface area (Å²) in [5, 5.41) is 5.41. The first-order chi connectivity index (χ1) is 11.0. The molecule has 3 N–H and O–H groups in total. The third-order valence-electron chi connectivity index (χ3n) is 3.23. The zero-order valence-corrected chi connectivity index (χ0v) is 15.4. The van der Waals surface area contributed by atoms with Gasteiger partial charge in [-0.05, 0) is 52.3 Å². The lowest BCUT2D eigenvalue weighted by atomic mass is 10.2. The number of hydrogen-bond donors (Lipinski definition) is 3. The Labute approximate surface area is 147 Å². The fourth-order valence-corrected chi connectivity index (χ4v) is 3.73. The van der Waals surface area contributed by atoms with Crippen LogP contribution in [0.4, 0.5) is 5.69 Å². The van der Waals surface area contributed by atoms with E-state index in [0.717, 1.165) is 15.2 Å². The lowest BCUT2D eigenvalue weighted by molar-refractivity contribution is -0.884. The molecule has 0 spiro atoms. The van der Waals surface area contributed by atoms with Gasteiger partial charge in [0.1, 0.15) is 6.54 Å². The molecule has 1 aromatic heterocycles. The number of halogens is 1. The Balaban J connectivity index is 1.85. The highest BCUT2D eigenvalue weighted by molar-refractivity contribution is 9.11. The van der Waals surface area contributed by atoms with Gasteiger partial charge in [0.15, 0.2) is 6.54 Å². The Bertz CT molecular complexity index is 685. The zero-order chi connectivity index (χ0) is 16.8. The summed E-state index contributed by atoms with van der Waals surface area (Å²) in [5.41, 5.74) is 1.26. The number of carbonyl (C=O) groups is 2. The topological polar surface area (TPSA) is 62.6 Å². The summed E-state index contributed by atoms with van der Waals surface area (Å²) in [6.45, 7) is 1.19. The van der Waals surface area contributed by atoms with Crippen LogP contribution in [-0.2, 0) is 11.3 Å². The maximum atomic E-state index is 12.1. The van der Waals surface area contributed by atoms with Gasteiger partial charge in [-0.3, -0.25) is 9.59 Å². The van der Waals surface area contributed by atoms with Crippen LogP contribution in [-0.4, -0.2) is 32.5 Å². The Hall–Kier alpha value is -1.70. The number of carbonyl (C=O) groups excluding carboxylic acids is 2. The summed E-state index contributed by atoms with van der Waals surface area (Å²) >= 11 is 5.12. The number of likely N-dealkylation sites (N-methyl/N-ethyl adjacent to an activating group) is 1. The van der Waals surface area contributed by atoms with Gasteiger partial charge >= 0.3 is 0 Å². The predicted molar refractivity (Wildman–Crippen MR) is 95.9 cm³/mol. The van der Waals surface area contributed by atoms with Crippen molar-refractivity contribution in [2.75, 3.05) is 26.0 Å². The van der Waals surface area contributed by atoms with E-state index in [-0.39, 0.29) is 11.8 Å². The summed E-state index contributed by atoms with van der Waals surface area (Å²) in [4.78, 5) is 25.9. The molecule has 2 amide bonds. The minimum Gasteiger partial charge on any atom is -0.355 e. The fourth-order valence-electron chi connectivity index (χ4n) is 2.14. The monoisotopic (exact) mass is 396 g/mol. The van der Waals surface area contributed by atoms with Crippen molar-refractivity contribution in [2.45, 2.75) is 6.54 Å². The molecule has 2 aromatic rings. The second-order valence-corrected chi connectivity index (χ2v) is 7.77. The molecule has 0 aliphatic rings. The van der Waals surface area contributed by atoms with Crippen molar-refractivity contribution in [3.05, 3.63) is 50.6 Å². The van der Waals surface area contributed by atoms with Crippen molar-refractivity contribution >= 4 is 44.8 Å². The SMILES string of the molecule is CNC(=O)c1ccc(NC(=O)C[NH+](C)Cc2ccc(Br)s2)cc1. The number of nitrogens with one attached hydrogen (secondary N) is 3. The second-order valence-electron chi connectivity index (χ2n) is 5.22. The van der Waals surface area contributed by atoms with Crippen molar-refractivity contribution in [2.24, 2.45) is 0 Å². The highest BCUT2D eigenvalue weighted by Crippen LogP contribution is 2.21. The number of rotatable bonds is 6. The number of hydrogen-bond acceptors (Lipinski definition) is 3. The van der Waals surface area contributed by atoms with Gasteiger partial charge in [0.05, 0.1) is 15.7 Å². The molecular weight excluding hydrogens is 378 g/mol. The molecule has 1 heterocycles. The van der Waals surface area contributed by atoms with E-state index in [1.807, 2.05) is 13.1 Å². The Morgan fingerprint density at radius 2 is 1.87 bits per heavy atom. The van der Waals surface area contributed by atoms with E-state index < -0.39 is 0 Å². The molecule has 0 saturated heterocycles. The van der Waals surface area contributed by atoms with E-state index >= 15 is 0 Å². The van der Waals surface area contributed by atoms with Crippen LogP contribution in [0.5, 0.6) is 0 Å². The van der Waals surface area contributed by atoms with E-state index in [2.05, 4.69) is 32.6 Å². The summed E-state index contributed by atoms with van der Waals surface area (Å²) < 4.78 is 1.10. The van der Waals surface area contributed by atoms with Gasteiger partial charge in [-0.15, -0.1) is 11.3 Å². The number of benzene rings is 1. The van der Waals surface area contributed by atoms with Crippen molar-refractivity contribution in [3.8, 4) is 0 Å². The highest BCUT2D eigenvalue weighted by Gasteiger charge is 2.12. The third-order valence-corrected chi connectivity index (χ3v) is 4.85. The molecule has 1 aromatic carbocycles. The molecule has 23 heavy (non-hydrogen) atoms. The van der Waals surface area contributed by atoms with Crippen LogP contribution in [0.15, 0.2) is 40.2 Å². The van der Waals surface area contributed by atoms with Gasteiger partial charge in [-0.1, -0.05) is 0 Å². The van der Waals surface area contributed by atoms with Crippen LogP contribution in [0.1, 0.15) is 15.2 Å². The standard InChI is InChI=1S/C16H18BrN3O2S/c1-18-16(22)11-3-5-12(6-4-11)19-15(21)10-20(2)9-13-7-8-14(17)23-13/h3-8H,9-10H2,1-2H3,(H,18,22)(H,19,21)/p+1. The normalized spacial score (nSPS) is 11.8. The lowest BCUT2D eigenvalue weighted by Crippen LogP contribution is -3.08. The van der Waals surface area contributed by atoms with Crippen molar-refractivity contribution < 1.29 is 14.5 Å². The summed E-state index contributed by atoms with van der Waals surface area (Å²) in [5.74, 6) is -0.194. The second kappa shape index (κ2) is 8.24. The van der Waals surface area contributed by atoms with Crippen LogP contribution in [0.2, 0.25) is 0 Å². The van der Waals surface area contributed by atoms with Crippen LogP contribution in [0, 0.1) is 0 Å². The molecule has 5 nitrogen and oxygen atoms in total. The van der Waals surface area contributed by atoms with Gasteiger partial charge in [-0.2, -0.15) is 0 Å². The maximum Gasteiger partial charge on any atom is 0.279 e. The Kier molecular flexibility index (Phi) is 6.32. The number of quaternary nitrogens is 1. The third kappa shape index (κ3) is 5.46. The smallest absolute Gasteiger partial charge is 0.279 e. The van der Waals surface area contributed by atoms with Gasteiger partial charge in [0, 0.05) is 18.3 Å². The van der Waals surface area contributed by atoms with Crippen molar-refractivity contribution in [1.82, 2.24) is 5.32 Å². The average molecular weight is 397 g/mol. The van der Waals surface area contributed by atoms with Crippen LogP contribution >= 0.6 is 27.3 Å². The highest BCUT2D eigenvalue weighted by atomic mass is 79.9. The van der Waals surface area contributed by atoms with E-state index in [4.69, 9.17) is 0 Å². The maximum absolute atomic E-state index is 12.1. The molecule has 0 aliphatic carbocycles. The van der Waals surface area contributed by atoms with E-state index in [9.17, 15) is 9.59 Å². The van der Waals surface area contributed by atoms with E-state index in [0.29, 0.717) is 17.8 Å². The molecule has 0 fully saturated rings. The molecule has 0 bridgehead atoms. The average Bonchev–Trinajstić information content (AvgIpc) is 2.91. The van der Waals surface area contributed by atoms with Crippen LogP contribution < -0.4 is 15.5 Å². The van der Waals surface area contributed by atoms with Crippen molar-refractivity contribution in [1.29, 1.82) is 0 Å². The van der Waals surface area contributed by atoms with Gasteiger partial charge in [-0.25, -0.2) is 0 Å². The molecular formula is C16H19BrN3O2S+. The first kappa shape index (κ1) is 17.7. The van der Waals surface area contributed by atoms with Gasteiger partial charge < -0.3 is 15.5 Å². The number of amides is 2. The zero-order valence-electron chi connectivity index (χ0n) is 13.0. The molecule has 122 valence electrons. The predicted octanol–water partition coefficient (Wildman–Crippen LogP) is 1.52. The number of thiophene rings is 1. The van der Waals surface area contributed by atoms with E-state index in [1.54, 1.807) is 42.6 Å². The molecule has 0 radical (unpaired) electrons. The molecule has 2 rings (SSSR count). The molecule has 0 aliphatic heterocycles. The van der Waals surface area contributed by atoms with Crippen LogP contribution in [0.3, 0.4) is 0 Å². The number of anilines is 1.